The van der Waals surface area contributed by atoms with Crippen LogP contribution in [0.5, 0.6) is 0 Å². The number of rotatable bonds is 6. The first kappa shape index (κ1) is 21.9. The fraction of sp³-hybridized carbons (Fsp3) is 0.318. The van der Waals surface area contributed by atoms with E-state index < -0.39 is 18.0 Å². The molecule has 1 saturated carbocycles. The topological polar surface area (TPSA) is 94.9 Å². The molecule has 6 nitrogen and oxygen atoms in total. The number of hydrogen-bond acceptors (Lipinski definition) is 5. The van der Waals surface area contributed by atoms with Gasteiger partial charge < -0.3 is 10.2 Å². The second kappa shape index (κ2) is 9.77. The molecule has 1 atom stereocenters. The van der Waals surface area contributed by atoms with Crippen molar-refractivity contribution >= 4 is 29.1 Å². The van der Waals surface area contributed by atoms with Gasteiger partial charge in [0, 0.05) is 41.6 Å². The third-order valence-electron chi connectivity index (χ3n) is 5.02. The van der Waals surface area contributed by atoms with Gasteiger partial charge in [-0.1, -0.05) is 18.2 Å². The molecule has 1 aliphatic heterocycles. The fourth-order valence-corrected chi connectivity index (χ4v) is 4.34. The highest BCUT2D eigenvalue weighted by molar-refractivity contribution is 7.10. The number of benzene rings is 1. The minimum Gasteiger partial charge on any atom is -0.478 e. The molecule has 0 bridgehead atoms. The average Bonchev–Trinajstić information content (AvgIpc) is 3.46. The molecule has 2 aromatic rings. The highest BCUT2D eigenvalue weighted by Crippen LogP contribution is 2.39. The molecule has 8 heteroatoms. The van der Waals surface area contributed by atoms with Gasteiger partial charge in [-0.2, -0.15) is 0 Å². The van der Waals surface area contributed by atoms with Crippen molar-refractivity contribution in [1.82, 2.24) is 4.90 Å². The van der Waals surface area contributed by atoms with Crippen molar-refractivity contribution in [3.05, 3.63) is 69.7 Å². The fourth-order valence-electron chi connectivity index (χ4n) is 3.45. The molecule has 2 N–H and O–H groups in total. The number of carbonyl (C=O) groups excluding carboxylic acids is 1. The van der Waals surface area contributed by atoms with E-state index >= 15 is 0 Å². The Morgan fingerprint density at radius 2 is 1.77 bits per heavy atom. The van der Waals surface area contributed by atoms with Crippen molar-refractivity contribution < 1.29 is 29.0 Å². The summed E-state index contributed by atoms with van der Waals surface area (Å²) in [6.07, 6.45) is 3.99. The molecular weight excluding hydrogens is 409 g/mol. The van der Waals surface area contributed by atoms with Crippen molar-refractivity contribution in [3.63, 3.8) is 0 Å². The average molecular weight is 431 g/mol. The van der Waals surface area contributed by atoms with Gasteiger partial charge in [0.1, 0.15) is 5.82 Å². The lowest BCUT2D eigenvalue weighted by molar-refractivity contribution is -0.134. The maximum atomic E-state index is 14.3. The summed E-state index contributed by atoms with van der Waals surface area (Å²) < 4.78 is 14.3. The summed E-state index contributed by atoms with van der Waals surface area (Å²) in [6, 6.07) is 8.44. The lowest BCUT2D eigenvalue weighted by Gasteiger charge is -2.34. The van der Waals surface area contributed by atoms with Crippen molar-refractivity contribution in [2.24, 2.45) is 5.92 Å². The Morgan fingerprint density at radius 3 is 2.37 bits per heavy atom. The molecule has 1 aromatic carbocycles. The van der Waals surface area contributed by atoms with Crippen LogP contribution in [0, 0.1) is 11.7 Å². The summed E-state index contributed by atoms with van der Waals surface area (Å²) in [4.78, 5) is 35.5. The van der Waals surface area contributed by atoms with Crippen molar-refractivity contribution in [2.75, 3.05) is 6.54 Å². The number of hydrogen-bond donors (Lipinski definition) is 2. The number of Topliss-reactive ketones (excluding diaryl/α,β-unsaturated/α-hetero) is 1. The summed E-state index contributed by atoms with van der Waals surface area (Å²) in [5, 5.41) is 17.7. The number of nitrogens with zero attached hydrogens (tertiary/aromatic N) is 1. The van der Waals surface area contributed by atoms with Crippen LogP contribution in [0.2, 0.25) is 0 Å². The van der Waals surface area contributed by atoms with Crippen molar-refractivity contribution in [3.8, 4) is 0 Å². The zero-order valence-electron chi connectivity index (χ0n) is 16.2. The van der Waals surface area contributed by atoms with Crippen LogP contribution in [-0.2, 0) is 27.3 Å². The number of thiophene rings is 1. The summed E-state index contributed by atoms with van der Waals surface area (Å²) in [7, 11) is 0. The smallest absolute Gasteiger partial charge is 0.328 e. The molecule has 0 saturated heterocycles. The van der Waals surface area contributed by atoms with E-state index in [1.165, 1.54) is 16.5 Å². The molecule has 0 spiro atoms. The normalized spacial score (nSPS) is 17.0. The summed E-state index contributed by atoms with van der Waals surface area (Å²) >= 11 is 1.78. The lowest BCUT2D eigenvalue weighted by Crippen LogP contribution is -2.38. The molecule has 158 valence electrons. The van der Waals surface area contributed by atoms with E-state index in [-0.39, 0.29) is 17.5 Å². The Morgan fingerprint density at radius 1 is 1.10 bits per heavy atom. The van der Waals surface area contributed by atoms with Gasteiger partial charge in [-0.3, -0.25) is 9.69 Å². The van der Waals surface area contributed by atoms with E-state index in [2.05, 4.69) is 16.3 Å². The van der Waals surface area contributed by atoms with Crippen LogP contribution < -0.4 is 0 Å². The molecule has 1 unspecified atom stereocenters. The second-order valence-corrected chi connectivity index (χ2v) is 8.20. The van der Waals surface area contributed by atoms with Crippen molar-refractivity contribution in [1.29, 1.82) is 0 Å². The van der Waals surface area contributed by atoms with Crippen LogP contribution in [-0.4, -0.2) is 39.4 Å². The van der Waals surface area contributed by atoms with E-state index in [4.69, 9.17) is 10.2 Å². The summed E-state index contributed by atoms with van der Waals surface area (Å²) in [5.74, 6) is -2.45. The first-order valence-corrected chi connectivity index (χ1v) is 10.5. The number of carboxylic acids is 2. The largest absolute Gasteiger partial charge is 0.478 e. The van der Waals surface area contributed by atoms with Crippen molar-refractivity contribution in [2.45, 2.75) is 31.8 Å². The molecular formula is C22H22FNO5S. The Hall–Kier alpha value is -2.84. The highest BCUT2D eigenvalue weighted by atomic mass is 32.1. The second-order valence-electron chi connectivity index (χ2n) is 7.20. The van der Waals surface area contributed by atoms with Gasteiger partial charge in [-0.05, 0) is 42.3 Å². The third-order valence-corrected chi connectivity index (χ3v) is 6.04. The molecule has 1 aliphatic carbocycles. The van der Waals surface area contributed by atoms with E-state index in [0.717, 1.165) is 32.4 Å². The van der Waals surface area contributed by atoms with Gasteiger partial charge in [0.25, 0.3) is 0 Å². The molecule has 2 heterocycles. The summed E-state index contributed by atoms with van der Waals surface area (Å²) in [5.41, 5.74) is 1.83. The zero-order valence-corrected chi connectivity index (χ0v) is 17.0. The quantitative estimate of drug-likeness (QED) is 0.678. The van der Waals surface area contributed by atoms with E-state index in [0.29, 0.717) is 17.7 Å². The summed E-state index contributed by atoms with van der Waals surface area (Å²) in [6.45, 7) is 1.57. The number of fused-ring (bicyclic) bond motifs is 1. The number of carbonyl (C=O) groups is 3. The Labute approximate surface area is 177 Å². The predicted octanol–water partition coefficient (Wildman–Crippen LogP) is 3.68. The van der Waals surface area contributed by atoms with Gasteiger partial charge in [-0.15, -0.1) is 11.3 Å². The van der Waals surface area contributed by atoms with E-state index in [1.807, 2.05) is 6.07 Å². The van der Waals surface area contributed by atoms with Gasteiger partial charge in [0.15, 0.2) is 5.78 Å². The maximum absolute atomic E-state index is 14.3. The van der Waals surface area contributed by atoms with Crippen LogP contribution in [0.25, 0.3) is 0 Å². The van der Waals surface area contributed by atoms with Crippen LogP contribution in [0.4, 0.5) is 4.39 Å². The molecule has 2 aliphatic rings. The highest BCUT2D eigenvalue weighted by Gasteiger charge is 2.40. The lowest BCUT2D eigenvalue weighted by atomic mass is 9.95. The van der Waals surface area contributed by atoms with Crippen LogP contribution in [0.15, 0.2) is 47.9 Å². The number of ketones is 1. The minimum atomic E-state index is -1.26. The number of aliphatic carboxylic acids is 2. The molecule has 1 fully saturated rings. The molecule has 1 aromatic heterocycles. The monoisotopic (exact) mass is 431 g/mol. The Bertz CT molecular complexity index is 950. The number of carboxylic acid groups (broad SMARTS) is 2. The Balaban J connectivity index is 0.000000275. The molecule has 4 rings (SSSR count). The van der Waals surface area contributed by atoms with E-state index in [9.17, 15) is 18.8 Å². The van der Waals surface area contributed by atoms with Gasteiger partial charge in [0.05, 0.1) is 6.04 Å². The van der Waals surface area contributed by atoms with Gasteiger partial charge >= 0.3 is 11.9 Å². The third kappa shape index (κ3) is 5.61. The maximum Gasteiger partial charge on any atom is 0.328 e. The first-order valence-electron chi connectivity index (χ1n) is 9.58. The molecule has 0 radical (unpaired) electrons. The van der Waals surface area contributed by atoms with Crippen LogP contribution >= 0.6 is 11.3 Å². The van der Waals surface area contributed by atoms with E-state index in [1.54, 1.807) is 23.5 Å². The zero-order chi connectivity index (χ0) is 21.7. The molecule has 0 amide bonds. The predicted molar refractivity (Wildman–Crippen MR) is 110 cm³/mol. The molecule has 30 heavy (non-hydrogen) atoms. The van der Waals surface area contributed by atoms with Gasteiger partial charge in [-0.25, -0.2) is 14.0 Å². The first-order chi connectivity index (χ1) is 14.4. The SMILES string of the molecule is O=C(C1CC1)C(c1ccccc1F)N1CCc2sccc2C1.O=C(O)/C=C/C(=O)O. The van der Waals surface area contributed by atoms with Crippen LogP contribution in [0.3, 0.4) is 0 Å². The minimum absolute atomic E-state index is 0.133. The van der Waals surface area contributed by atoms with Crippen LogP contribution in [0.1, 0.15) is 34.9 Å². The standard InChI is InChI=1S/C18H18FNOS.C4H4O4/c19-15-4-2-1-3-14(15)17(18(21)12-5-6-12)20-9-7-16-13(11-20)8-10-22-16;5-3(6)1-2-4(7)8/h1-4,8,10,12,17H,5-7,9,11H2;1-2H,(H,5,6)(H,7,8)/b;2-1+. The Kier molecular flexibility index (Phi) is 7.12. The number of halogens is 1. The van der Waals surface area contributed by atoms with Gasteiger partial charge in [0.2, 0.25) is 0 Å².